The van der Waals surface area contributed by atoms with Crippen LogP contribution in [0.25, 0.3) is 0 Å². The zero-order valence-corrected chi connectivity index (χ0v) is 14.8. The third-order valence-corrected chi connectivity index (χ3v) is 7.59. The summed E-state index contributed by atoms with van der Waals surface area (Å²) in [7, 11) is 0. The molecule has 0 aromatic heterocycles. The molecule has 1 saturated heterocycles. The van der Waals surface area contributed by atoms with Gasteiger partial charge in [-0.25, -0.2) is 4.90 Å². The summed E-state index contributed by atoms with van der Waals surface area (Å²) in [5, 5.41) is 0.557. The standard InChI is InChI=1S/C18H15BrClNO2/c1-7-13(5-4-12(19)16(7)20)21-17(22)14-8-2-3-9(11-6-10(8)11)15(14)18(21)23/h2-5,8-11,14-15H,6H2,1H3/t8-,9-,10-,11+,14-,15+/m0/s1. The lowest BCUT2D eigenvalue weighted by Crippen LogP contribution is -2.40. The number of hydrogen-bond donors (Lipinski definition) is 0. The first-order chi connectivity index (χ1) is 11.0. The highest BCUT2D eigenvalue weighted by Crippen LogP contribution is 2.65. The van der Waals surface area contributed by atoms with Crippen molar-refractivity contribution in [2.75, 3.05) is 4.90 Å². The van der Waals surface area contributed by atoms with Crippen molar-refractivity contribution in [1.29, 1.82) is 0 Å². The van der Waals surface area contributed by atoms with Crippen molar-refractivity contribution < 1.29 is 9.59 Å². The lowest BCUT2D eigenvalue weighted by Gasteiger charge is -2.37. The van der Waals surface area contributed by atoms with Crippen LogP contribution in [0.4, 0.5) is 5.69 Å². The molecule has 1 aromatic rings. The van der Waals surface area contributed by atoms with Crippen molar-refractivity contribution in [2.45, 2.75) is 13.3 Å². The fourth-order valence-corrected chi connectivity index (χ4v) is 5.67. The summed E-state index contributed by atoms with van der Waals surface area (Å²) in [5.74, 6) is 1.35. The summed E-state index contributed by atoms with van der Waals surface area (Å²) in [5.41, 5.74) is 1.41. The highest BCUT2D eigenvalue weighted by atomic mass is 79.9. The largest absolute Gasteiger partial charge is 0.274 e. The first kappa shape index (κ1) is 14.2. The number of benzene rings is 1. The molecule has 0 unspecified atom stereocenters. The lowest BCUT2D eigenvalue weighted by molar-refractivity contribution is -0.124. The van der Waals surface area contributed by atoms with E-state index in [0.717, 1.165) is 10.0 Å². The monoisotopic (exact) mass is 391 g/mol. The van der Waals surface area contributed by atoms with Gasteiger partial charge in [-0.05, 0) is 70.6 Å². The van der Waals surface area contributed by atoms with Gasteiger partial charge in [-0.2, -0.15) is 0 Å². The second-order valence-electron chi connectivity index (χ2n) is 7.17. The van der Waals surface area contributed by atoms with Crippen molar-refractivity contribution >= 4 is 45.0 Å². The van der Waals surface area contributed by atoms with E-state index >= 15 is 0 Å². The fourth-order valence-electron chi connectivity index (χ4n) is 5.08. The molecule has 5 heteroatoms. The number of carbonyl (C=O) groups is 2. The Hall–Kier alpha value is -1.13. The number of hydrogen-bond acceptors (Lipinski definition) is 2. The Labute approximate surface area is 147 Å². The van der Waals surface area contributed by atoms with Crippen LogP contribution in [-0.4, -0.2) is 11.8 Å². The summed E-state index contributed by atoms with van der Waals surface area (Å²) in [6.45, 7) is 1.86. The molecule has 3 fully saturated rings. The number of allylic oxidation sites excluding steroid dienone is 2. The molecule has 2 amide bonds. The van der Waals surface area contributed by atoms with Gasteiger partial charge in [0, 0.05) is 4.47 Å². The second kappa shape index (κ2) is 4.48. The molecule has 23 heavy (non-hydrogen) atoms. The van der Waals surface area contributed by atoms with Crippen LogP contribution in [0.3, 0.4) is 0 Å². The average molecular weight is 393 g/mol. The lowest BCUT2D eigenvalue weighted by atomic mass is 9.63. The van der Waals surface area contributed by atoms with Crippen molar-refractivity contribution in [3.8, 4) is 0 Å². The minimum absolute atomic E-state index is 0.0359. The van der Waals surface area contributed by atoms with Gasteiger partial charge in [-0.3, -0.25) is 9.59 Å². The molecule has 6 atom stereocenters. The van der Waals surface area contributed by atoms with E-state index in [4.69, 9.17) is 11.6 Å². The van der Waals surface area contributed by atoms with Gasteiger partial charge in [0.05, 0.1) is 22.5 Å². The van der Waals surface area contributed by atoms with E-state index in [1.54, 1.807) is 6.07 Å². The van der Waals surface area contributed by atoms with Crippen LogP contribution in [-0.2, 0) is 9.59 Å². The van der Waals surface area contributed by atoms with Crippen LogP contribution >= 0.6 is 27.5 Å². The van der Waals surface area contributed by atoms with Crippen LogP contribution in [0.1, 0.15) is 12.0 Å². The van der Waals surface area contributed by atoms with E-state index in [9.17, 15) is 9.59 Å². The summed E-state index contributed by atoms with van der Waals surface area (Å²) in [6, 6.07) is 3.62. The number of carbonyl (C=O) groups excluding carboxylic acids is 2. The van der Waals surface area contributed by atoms with Crippen LogP contribution in [0.5, 0.6) is 0 Å². The summed E-state index contributed by atoms with van der Waals surface area (Å²) < 4.78 is 0.778. The predicted molar refractivity (Wildman–Crippen MR) is 91.1 cm³/mol. The van der Waals surface area contributed by atoms with Gasteiger partial charge < -0.3 is 0 Å². The van der Waals surface area contributed by atoms with E-state index < -0.39 is 0 Å². The molecule has 1 heterocycles. The maximum absolute atomic E-state index is 13.1. The third-order valence-electron chi connectivity index (χ3n) is 6.21. The van der Waals surface area contributed by atoms with Crippen molar-refractivity contribution in [2.24, 2.45) is 35.5 Å². The molecular weight excluding hydrogens is 378 g/mol. The minimum Gasteiger partial charge on any atom is -0.274 e. The Kier molecular flexibility index (Phi) is 2.77. The predicted octanol–water partition coefficient (Wildman–Crippen LogP) is 3.97. The average Bonchev–Trinajstić information content (AvgIpc) is 3.32. The molecule has 118 valence electrons. The smallest absolute Gasteiger partial charge is 0.238 e. The number of amides is 2. The first-order valence-electron chi connectivity index (χ1n) is 8.01. The topological polar surface area (TPSA) is 37.4 Å². The maximum atomic E-state index is 13.1. The van der Waals surface area contributed by atoms with Crippen LogP contribution in [0, 0.1) is 42.4 Å². The number of rotatable bonds is 1. The Morgan fingerprint density at radius 1 is 1.09 bits per heavy atom. The summed E-state index contributed by atoms with van der Waals surface area (Å²) in [6.07, 6.45) is 5.56. The van der Waals surface area contributed by atoms with Gasteiger partial charge in [-0.1, -0.05) is 23.8 Å². The zero-order valence-electron chi connectivity index (χ0n) is 12.5. The molecule has 1 aliphatic heterocycles. The highest BCUT2D eigenvalue weighted by molar-refractivity contribution is 9.10. The van der Waals surface area contributed by atoms with Crippen LogP contribution in [0.15, 0.2) is 28.8 Å². The van der Waals surface area contributed by atoms with Crippen LogP contribution in [0.2, 0.25) is 5.02 Å². The number of anilines is 1. The normalized spacial score (nSPS) is 39.7. The van der Waals surface area contributed by atoms with Crippen LogP contribution < -0.4 is 4.90 Å². The number of imide groups is 1. The molecule has 6 rings (SSSR count). The molecule has 3 nitrogen and oxygen atoms in total. The molecule has 4 aliphatic carbocycles. The highest BCUT2D eigenvalue weighted by Gasteiger charge is 2.67. The SMILES string of the molecule is Cc1c(N2C(=O)[C@@H]3[C@H]4C=C[C@@H]([C@@H]5C[C@H]45)[C@@H]3C2=O)ccc(Br)c1Cl. The Balaban J connectivity index is 1.61. The van der Waals surface area contributed by atoms with Crippen molar-refractivity contribution in [3.63, 3.8) is 0 Å². The van der Waals surface area contributed by atoms with Gasteiger partial charge in [0.1, 0.15) is 0 Å². The summed E-state index contributed by atoms with van der Waals surface area (Å²) in [4.78, 5) is 27.5. The Bertz CT molecular complexity index is 768. The van der Waals surface area contributed by atoms with Gasteiger partial charge in [0.25, 0.3) is 0 Å². The molecule has 2 saturated carbocycles. The van der Waals surface area contributed by atoms with E-state index in [1.165, 1.54) is 11.3 Å². The van der Waals surface area contributed by atoms with E-state index in [2.05, 4.69) is 28.1 Å². The summed E-state index contributed by atoms with van der Waals surface area (Å²) >= 11 is 9.69. The minimum atomic E-state index is -0.164. The van der Waals surface area contributed by atoms with Crippen molar-refractivity contribution in [3.05, 3.63) is 39.3 Å². The zero-order chi connectivity index (χ0) is 16.0. The Morgan fingerprint density at radius 3 is 2.22 bits per heavy atom. The van der Waals surface area contributed by atoms with E-state index in [1.807, 2.05) is 13.0 Å². The molecule has 2 bridgehead atoms. The molecular formula is C18H15BrClNO2. The molecule has 0 radical (unpaired) electrons. The quantitative estimate of drug-likeness (QED) is 0.536. The maximum Gasteiger partial charge on any atom is 0.238 e. The number of halogens is 2. The third kappa shape index (κ3) is 1.66. The molecule has 1 aromatic carbocycles. The second-order valence-corrected chi connectivity index (χ2v) is 8.40. The number of nitrogens with zero attached hydrogens (tertiary/aromatic N) is 1. The van der Waals surface area contributed by atoms with Gasteiger partial charge >= 0.3 is 0 Å². The van der Waals surface area contributed by atoms with Crippen molar-refractivity contribution in [1.82, 2.24) is 0 Å². The first-order valence-corrected chi connectivity index (χ1v) is 9.18. The van der Waals surface area contributed by atoms with E-state index in [0.29, 0.717) is 22.5 Å². The van der Waals surface area contributed by atoms with E-state index in [-0.39, 0.29) is 35.5 Å². The van der Waals surface area contributed by atoms with Gasteiger partial charge in [0.2, 0.25) is 11.8 Å². The molecule has 0 spiro atoms. The van der Waals surface area contributed by atoms with Gasteiger partial charge in [0.15, 0.2) is 0 Å². The fraction of sp³-hybridized carbons (Fsp3) is 0.444. The molecule has 5 aliphatic rings. The Morgan fingerprint density at radius 2 is 1.65 bits per heavy atom. The molecule has 0 N–H and O–H groups in total. The van der Waals surface area contributed by atoms with Gasteiger partial charge in [-0.15, -0.1) is 0 Å².